The molecular weight excluding hydrogens is 250 g/mol. The molecule has 0 fully saturated rings. The second-order valence-electron chi connectivity index (χ2n) is 5.36. The summed E-state index contributed by atoms with van der Waals surface area (Å²) in [5.74, 6) is 1.17. The predicted molar refractivity (Wildman–Crippen MR) is 84.0 cm³/mol. The molecule has 0 amide bonds. The molecule has 0 aliphatic rings. The maximum Gasteiger partial charge on any atom is 0.110 e. The van der Waals surface area contributed by atoms with Gasteiger partial charge in [0.05, 0.1) is 6.10 Å². The molecule has 4 nitrogen and oxygen atoms in total. The number of imidazole rings is 1. The first kappa shape index (κ1) is 17.2. The number of hydrogen-bond donors (Lipinski definition) is 1. The van der Waals surface area contributed by atoms with Gasteiger partial charge in [-0.2, -0.15) is 0 Å². The Morgan fingerprint density at radius 2 is 2.05 bits per heavy atom. The van der Waals surface area contributed by atoms with Crippen molar-refractivity contribution in [1.29, 1.82) is 0 Å². The molecule has 0 saturated heterocycles. The summed E-state index contributed by atoms with van der Waals surface area (Å²) in [7, 11) is 1.82. The monoisotopic (exact) mass is 281 g/mol. The summed E-state index contributed by atoms with van der Waals surface area (Å²) in [6.45, 7) is 8.68. The van der Waals surface area contributed by atoms with Crippen LogP contribution in [0, 0.1) is 0 Å². The minimum atomic E-state index is 0.262. The SMILES string of the molecule is CCCNC(Cc1nccn1CCC)C(CCC)OC. The highest BCUT2D eigenvalue weighted by Crippen LogP contribution is 2.12. The summed E-state index contributed by atoms with van der Waals surface area (Å²) in [4.78, 5) is 4.53. The molecule has 116 valence electrons. The molecule has 1 N–H and O–H groups in total. The fourth-order valence-electron chi connectivity index (χ4n) is 2.60. The second-order valence-corrected chi connectivity index (χ2v) is 5.36. The minimum absolute atomic E-state index is 0.262. The van der Waals surface area contributed by atoms with Crippen molar-refractivity contribution >= 4 is 0 Å². The number of aromatic nitrogens is 2. The Morgan fingerprint density at radius 3 is 2.65 bits per heavy atom. The summed E-state index contributed by atoms with van der Waals surface area (Å²) in [6, 6.07) is 0.345. The zero-order chi connectivity index (χ0) is 14.8. The zero-order valence-corrected chi connectivity index (χ0v) is 13.6. The van der Waals surface area contributed by atoms with Crippen LogP contribution in [-0.4, -0.2) is 35.4 Å². The van der Waals surface area contributed by atoms with E-state index in [1.165, 1.54) is 5.82 Å². The van der Waals surface area contributed by atoms with E-state index in [0.29, 0.717) is 6.04 Å². The van der Waals surface area contributed by atoms with E-state index >= 15 is 0 Å². The van der Waals surface area contributed by atoms with Gasteiger partial charge in [-0.3, -0.25) is 0 Å². The molecule has 0 aromatic carbocycles. The minimum Gasteiger partial charge on any atom is -0.380 e. The van der Waals surface area contributed by atoms with E-state index in [4.69, 9.17) is 4.74 Å². The van der Waals surface area contributed by atoms with Crippen LogP contribution >= 0.6 is 0 Å². The van der Waals surface area contributed by atoms with Crippen LogP contribution in [0.1, 0.15) is 52.3 Å². The first-order valence-corrected chi connectivity index (χ1v) is 8.02. The fourth-order valence-corrected chi connectivity index (χ4v) is 2.60. The van der Waals surface area contributed by atoms with Gasteiger partial charge in [0, 0.05) is 38.5 Å². The molecule has 1 heterocycles. The number of methoxy groups -OCH3 is 1. The van der Waals surface area contributed by atoms with Gasteiger partial charge in [-0.1, -0.05) is 27.2 Å². The standard InChI is InChI=1S/C16H31N3O/c1-5-8-15(20-4)14(17-9-6-2)13-16-18-10-12-19(16)11-7-3/h10,12,14-15,17H,5-9,11,13H2,1-4H3. The van der Waals surface area contributed by atoms with Crippen LogP contribution in [-0.2, 0) is 17.7 Å². The van der Waals surface area contributed by atoms with Crippen LogP contribution in [0.15, 0.2) is 12.4 Å². The van der Waals surface area contributed by atoms with Crippen molar-refractivity contribution in [3.05, 3.63) is 18.2 Å². The third-order valence-electron chi connectivity index (χ3n) is 3.65. The zero-order valence-electron chi connectivity index (χ0n) is 13.6. The fraction of sp³-hybridized carbons (Fsp3) is 0.812. The van der Waals surface area contributed by atoms with Crippen molar-refractivity contribution in [3.8, 4) is 0 Å². The lowest BCUT2D eigenvalue weighted by atomic mass is 10.0. The van der Waals surface area contributed by atoms with Crippen molar-refractivity contribution in [2.24, 2.45) is 0 Å². The van der Waals surface area contributed by atoms with Crippen LogP contribution in [0.25, 0.3) is 0 Å². The summed E-state index contributed by atoms with van der Waals surface area (Å²) in [5.41, 5.74) is 0. The molecule has 1 rings (SSSR count). The molecule has 0 aliphatic heterocycles. The predicted octanol–water partition coefficient (Wildman–Crippen LogP) is 3.02. The lowest BCUT2D eigenvalue weighted by Gasteiger charge is -2.27. The highest BCUT2D eigenvalue weighted by molar-refractivity contribution is 4.97. The van der Waals surface area contributed by atoms with E-state index in [1.54, 1.807) is 0 Å². The van der Waals surface area contributed by atoms with Crippen LogP contribution in [0.3, 0.4) is 0 Å². The number of hydrogen-bond acceptors (Lipinski definition) is 3. The van der Waals surface area contributed by atoms with Gasteiger partial charge in [-0.05, 0) is 25.8 Å². The molecular formula is C16H31N3O. The van der Waals surface area contributed by atoms with Gasteiger partial charge in [-0.15, -0.1) is 0 Å². The summed E-state index contributed by atoms with van der Waals surface area (Å²) < 4.78 is 7.96. The summed E-state index contributed by atoms with van der Waals surface area (Å²) in [6.07, 6.45) is 9.70. The van der Waals surface area contributed by atoms with Crippen LogP contribution < -0.4 is 5.32 Å². The van der Waals surface area contributed by atoms with Gasteiger partial charge < -0.3 is 14.6 Å². The molecule has 0 saturated carbocycles. The van der Waals surface area contributed by atoms with Crippen LogP contribution in [0.2, 0.25) is 0 Å². The highest BCUT2D eigenvalue weighted by atomic mass is 16.5. The first-order chi connectivity index (χ1) is 9.76. The number of aryl methyl sites for hydroxylation is 1. The van der Waals surface area contributed by atoms with E-state index in [-0.39, 0.29) is 6.10 Å². The average molecular weight is 281 g/mol. The summed E-state index contributed by atoms with van der Waals surface area (Å²) >= 11 is 0. The van der Waals surface area contributed by atoms with Crippen molar-refractivity contribution in [1.82, 2.24) is 14.9 Å². The van der Waals surface area contributed by atoms with Gasteiger partial charge in [0.25, 0.3) is 0 Å². The molecule has 0 bridgehead atoms. The molecule has 0 spiro atoms. The highest BCUT2D eigenvalue weighted by Gasteiger charge is 2.22. The second kappa shape index (κ2) is 9.94. The number of nitrogens with zero attached hydrogens (tertiary/aromatic N) is 2. The molecule has 20 heavy (non-hydrogen) atoms. The molecule has 0 aliphatic carbocycles. The summed E-state index contributed by atoms with van der Waals surface area (Å²) in [5, 5.41) is 3.63. The maximum atomic E-state index is 5.70. The molecule has 4 heteroatoms. The Balaban J connectivity index is 2.73. The van der Waals surface area contributed by atoms with Gasteiger partial charge >= 0.3 is 0 Å². The Labute approximate surface area is 123 Å². The smallest absolute Gasteiger partial charge is 0.110 e. The van der Waals surface area contributed by atoms with E-state index in [1.807, 2.05) is 13.3 Å². The lowest BCUT2D eigenvalue weighted by molar-refractivity contribution is 0.0600. The van der Waals surface area contributed by atoms with Crippen LogP contribution in [0.5, 0.6) is 0 Å². The Kier molecular flexibility index (Phi) is 8.54. The molecule has 0 radical (unpaired) electrons. The Morgan fingerprint density at radius 1 is 1.25 bits per heavy atom. The molecule has 1 aromatic heterocycles. The lowest BCUT2D eigenvalue weighted by Crippen LogP contribution is -2.43. The molecule has 2 unspecified atom stereocenters. The van der Waals surface area contributed by atoms with Crippen molar-refractivity contribution < 1.29 is 4.74 Å². The largest absolute Gasteiger partial charge is 0.380 e. The van der Waals surface area contributed by atoms with E-state index in [0.717, 1.165) is 45.2 Å². The average Bonchev–Trinajstić information content (AvgIpc) is 2.88. The van der Waals surface area contributed by atoms with Crippen molar-refractivity contribution in [3.63, 3.8) is 0 Å². The van der Waals surface area contributed by atoms with Gasteiger partial charge in [0.15, 0.2) is 0 Å². The van der Waals surface area contributed by atoms with Crippen LogP contribution in [0.4, 0.5) is 0 Å². The van der Waals surface area contributed by atoms with Gasteiger partial charge in [0.2, 0.25) is 0 Å². The third-order valence-corrected chi connectivity index (χ3v) is 3.65. The number of rotatable bonds is 11. The first-order valence-electron chi connectivity index (χ1n) is 8.02. The van der Waals surface area contributed by atoms with Gasteiger partial charge in [0.1, 0.15) is 5.82 Å². The number of nitrogens with one attached hydrogen (secondary N) is 1. The number of ether oxygens (including phenoxy) is 1. The quantitative estimate of drug-likeness (QED) is 0.677. The Bertz CT molecular complexity index is 351. The van der Waals surface area contributed by atoms with E-state index < -0.39 is 0 Å². The van der Waals surface area contributed by atoms with E-state index in [9.17, 15) is 0 Å². The van der Waals surface area contributed by atoms with Crippen molar-refractivity contribution in [2.75, 3.05) is 13.7 Å². The third kappa shape index (κ3) is 5.25. The molecule has 2 atom stereocenters. The molecule has 1 aromatic rings. The Hall–Kier alpha value is -0.870. The van der Waals surface area contributed by atoms with E-state index in [2.05, 4.69) is 41.8 Å². The topological polar surface area (TPSA) is 39.1 Å². The van der Waals surface area contributed by atoms with Crippen molar-refractivity contribution in [2.45, 2.75) is 71.6 Å². The maximum absolute atomic E-state index is 5.70. The van der Waals surface area contributed by atoms with Gasteiger partial charge in [-0.25, -0.2) is 4.98 Å². The normalized spacial score (nSPS) is 14.4.